The van der Waals surface area contributed by atoms with Gasteiger partial charge in [-0.15, -0.1) is 0 Å². The van der Waals surface area contributed by atoms with Crippen LogP contribution in [0.1, 0.15) is 30.2 Å². The number of ketones is 1. The van der Waals surface area contributed by atoms with Crippen LogP contribution < -0.4 is 0 Å². The van der Waals surface area contributed by atoms with Crippen molar-refractivity contribution in [2.45, 2.75) is 25.2 Å². The zero-order valence-corrected chi connectivity index (χ0v) is 17.2. The summed E-state index contributed by atoms with van der Waals surface area (Å²) in [6.45, 7) is 1.98. The van der Waals surface area contributed by atoms with Gasteiger partial charge in [0, 0.05) is 24.1 Å². The van der Waals surface area contributed by atoms with E-state index in [1.165, 1.54) is 5.56 Å². The molecule has 2 aliphatic carbocycles. The van der Waals surface area contributed by atoms with Crippen LogP contribution >= 0.6 is 0 Å². The maximum atomic E-state index is 12.9. The van der Waals surface area contributed by atoms with E-state index in [1.807, 2.05) is 61.1 Å². The maximum Gasteiger partial charge on any atom is 0.176 e. The van der Waals surface area contributed by atoms with Crippen LogP contribution in [0.3, 0.4) is 0 Å². The van der Waals surface area contributed by atoms with Crippen LogP contribution in [0.5, 0.6) is 0 Å². The third kappa shape index (κ3) is 2.45. The summed E-state index contributed by atoms with van der Waals surface area (Å²) in [7, 11) is 1.99. The highest BCUT2D eigenvalue weighted by atomic mass is 16.1. The van der Waals surface area contributed by atoms with E-state index in [9.17, 15) is 10.1 Å². The lowest BCUT2D eigenvalue weighted by atomic mass is 9.54. The van der Waals surface area contributed by atoms with Gasteiger partial charge in [-0.1, -0.05) is 67.6 Å². The fraction of sp³-hybridized carbons (Fsp3) is 0.269. The number of aryl methyl sites for hydroxylation is 1. The Morgan fingerprint density at radius 1 is 1.10 bits per heavy atom. The summed E-state index contributed by atoms with van der Waals surface area (Å²) in [5, 5.41) is 14.7. The molecule has 0 unspecified atom stereocenters. The minimum atomic E-state index is -0.540. The molecule has 1 heterocycles. The number of rotatable bonds is 2. The van der Waals surface area contributed by atoms with Crippen LogP contribution in [-0.4, -0.2) is 15.6 Å². The van der Waals surface area contributed by atoms with Crippen LogP contribution in [0.15, 0.2) is 72.3 Å². The standard InChI is InChI=1S/C26H23N3O/c1-17-22-14-13-21-23(18-9-5-3-6-10-18)28-29(2)25(21)26(22,15-19(16-27)24(17)30)20-11-7-4-8-12-20/h3-12,15,17,22H,13-14H2,1-2H3/t17-,22-,26-/m0/s1. The van der Waals surface area contributed by atoms with Crippen molar-refractivity contribution in [1.29, 1.82) is 5.26 Å². The van der Waals surface area contributed by atoms with Gasteiger partial charge in [-0.2, -0.15) is 10.4 Å². The monoisotopic (exact) mass is 393 g/mol. The van der Waals surface area contributed by atoms with Crippen molar-refractivity contribution in [3.05, 3.63) is 89.1 Å². The van der Waals surface area contributed by atoms with Crippen molar-refractivity contribution < 1.29 is 4.79 Å². The van der Waals surface area contributed by atoms with Gasteiger partial charge in [-0.25, -0.2) is 0 Å². The van der Waals surface area contributed by atoms with Crippen LogP contribution in [0.25, 0.3) is 11.3 Å². The zero-order valence-electron chi connectivity index (χ0n) is 17.2. The largest absolute Gasteiger partial charge is 0.293 e. The van der Waals surface area contributed by atoms with E-state index in [0.717, 1.165) is 35.4 Å². The first-order valence-electron chi connectivity index (χ1n) is 10.4. The van der Waals surface area contributed by atoms with Crippen LogP contribution in [-0.2, 0) is 23.7 Å². The van der Waals surface area contributed by atoms with Gasteiger partial charge in [0.25, 0.3) is 0 Å². The molecule has 0 fully saturated rings. The molecular formula is C26H23N3O. The summed E-state index contributed by atoms with van der Waals surface area (Å²) in [6.07, 6.45) is 3.69. The van der Waals surface area contributed by atoms with E-state index in [4.69, 9.17) is 5.10 Å². The fourth-order valence-electron chi connectivity index (χ4n) is 5.64. The summed E-state index contributed by atoms with van der Waals surface area (Å²) in [5.41, 5.74) is 5.26. The molecule has 1 aromatic heterocycles. The molecule has 30 heavy (non-hydrogen) atoms. The Kier molecular flexibility index (Phi) is 4.22. The number of Topliss-reactive ketones (excluding diaryl/α,β-unsaturated/α-hetero) is 1. The van der Waals surface area contributed by atoms with Gasteiger partial charge in [-0.05, 0) is 30.4 Å². The van der Waals surface area contributed by atoms with Gasteiger partial charge in [0.1, 0.15) is 6.07 Å². The first-order chi connectivity index (χ1) is 14.6. The van der Waals surface area contributed by atoms with Gasteiger partial charge in [0.2, 0.25) is 0 Å². The second-order valence-electron chi connectivity index (χ2n) is 8.37. The van der Waals surface area contributed by atoms with Crippen molar-refractivity contribution in [3.8, 4) is 17.3 Å². The Morgan fingerprint density at radius 2 is 1.77 bits per heavy atom. The highest BCUT2D eigenvalue weighted by Crippen LogP contribution is 2.54. The SMILES string of the molecule is C[C@@H]1C(=O)C(C#N)=C[C@@]2(c3ccccc3)c3c(c(-c4ccccc4)nn3C)CC[C@@H]12. The molecule has 148 valence electrons. The predicted octanol–water partition coefficient (Wildman–Crippen LogP) is 4.60. The summed E-state index contributed by atoms with van der Waals surface area (Å²) in [6, 6.07) is 22.7. The van der Waals surface area contributed by atoms with Crippen molar-refractivity contribution in [2.75, 3.05) is 0 Å². The third-order valence-electron chi connectivity index (χ3n) is 6.90. The normalized spacial score (nSPS) is 25.1. The Hall–Kier alpha value is -3.45. The van der Waals surface area contributed by atoms with Crippen molar-refractivity contribution in [2.24, 2.45) is 18.9 Å². The Morgan fingerprint density at radius 3 is 2.43 bits per heavy atom. The summed E-state index contributed by atoms with van der Waals surface area (Å²) >= 11 is 0. The molecule has 0 saturated heterocycles. The molecule has 0 amide bonds. The Labute approximate surface area is 176 Å². The molecule has 4 nitrogen and oxygen atoms in total. The molecule has 2 aromatic carbocycles. The van der Waals surface area contributed by atoms with Crippen LogP contribution in [0, 0.1) is 23.2 Å². The molecule has 5 rings (SSSR count). The second-order valence-corrected chi connectivity index (χ2v) is 8.37. The van der Waals surface area contributed by atoms with Gasteiger partial charge in [-0.3, -0.25) is 9.48 Å². The van der Waals surface area contributed by atoms with Crippen molar-refractivity contribution >= 4 is 5.78 Å². The number of nitrogens with zero attached hydrogens (tertiary/aromatic N) is 3. The maximum absolute atomic E-state index is 12.9. The lowest BCUT2D eigenvalue weighted by Crippen LogP contribution is -2.48. The predicted molar refractivity (Wildman–Crippen MR) is 116 cm³/mol. The highest BCUT2D eigenvalue weighted by Gasteiger charge is 2.54. The van der Waals surface area contributed by atoms with Gasteiger partial charge in [0.05, 0.1) is 22.4 Å². The number of aromatic nitrogens is 2. The van der Waals surface area contributed by atoms with Crippen molar-refractivity contribution in [3.63, 3.8) is 0 Å². The molecule has 0 aliphatic heterocycles. The molecular weight excluding hydrogens is 370 g/mol. The number of benzene rings is 2. The second kappa shape index (κ2) is 6.81. The number of fused-ring (bicyclic) bond motifs is 3. The van der Waals surface area contributed by atoms with Gasteiger partial charge < -0.3 is 0 Å². The lowest BCUT2D eigenvalue weighted by molar-refractivity contribution is -0.121. The van der Waals surface area contributed by atoms with Crippen LogP contribution in [0.2, 0.25) is 0 Å². The minimum absolute atomic E-state index is 0.0389. The minimum Gasteiger partial charge on any atom is -0.293 e. The van der Waals surface area contributed by atoms with E-state index >= 15 is 0 Å². The number of nitriles is 1. The number of carbonyl (C=O) groups excluding carboxylic acids is 1. The molecule has 0 bridgehead atoms. The first kappa shape index (κ1) is 18.6. The zero-order chi connectivity index (χ0) is 20.9. The number of hydrogen-bond acceptors (Lipinski definition) is 3. The quantitative estimate of drug-likeness (QED) is 0.639. The number of hydrogen-bond donors (Lipinski definition) is 0. The molecule has 0 N–H and O–H groups in total. The van der Waals surface area contributed by atoms with E-state index in [1.54, 1.807) is 0 Å². The highest BCUT2D eigenvalue weighted by molar-refractivity contribution is 6.02. The topological polar surface area (TPSA) is 58.7 Å². The molecule has 0 saturated carbocycles. The molecule has 0 radical (unpaired) electrons. The average molecular weight is 393 g/mol. The summed E-state index contributed by atoms with van der Waals surface area (Å²) in [4.78, 5) is 12.9. The van der Waals surface area contributed by atoms with E-state index in [2.05, 4.69) is 30.3 Å². The van der Waals surface area contributed by atoms with E-state index in [-0.39, 0.29) is 23.2 Å². The number of carbonyl (C=O) groups is 1. The molecule has 3 aromatic rings. The first-order valence-corrected chi connectivity index (χ1v) is 10.4. The Balaban J connectivity index is 1.86. The molecule has 0 spiro atoms. The van der Waals surface area contributed by atoms with E-state index in [0.29, 0.717) is 0 Å². The lowest BCUT2D eigenvalue weighted by Gasteiger charge is -2.48. The van der Waals surface area contributed by atoms with Crippen molar-refractivity contribution in [1.82, 2.24) is 9.78 Å². The molecule has 2 aliphatic rings. The Bertz CT molecular complexity index is 1200. The van der Waals surface area contributed by atoms with Gasteiger partial charge in [0.15, 0.2) is 5.78 Å². The van der Waals surface area contributed by atoms with Gasteiger partial charge >= 0.3 is 0 Å². The van der Waals surface area contributed by atoms with Crippen LogP contribution in [0.4, 0.5) is 0 Å². The average Bonchev–Trinajstić information content (AvgIpc) is 3.14. The molecule has 4 heteroatoms. The third-order valence-corrected chi connectivity index (χ3v) is 6.90. The fourth-order valence-corrected chi connectivity index (χ4v) is 5.64. The summed E-state index contributed by atoms with van der Waals surface area (Å²) in [5.74, 6) is -0.160. The van der Waals surface area contributed by atoms with E-state index < -0.39 is 5.41 Å². The summed E-state index contributed by atoms with van der Waals surface area (Å²) < 4.78 is 1.98. The smallest absolute Gasteiger partial charge is 0.176 e. The number of allylic oxidation sites excluding steroid dienone is 2. The molecule has 3 atom stereocenters.